The van der Waals surface area contributed by atoms with E-state index in [4.69, 9.17) is 0 Å². The molecule has 0 amide bonds. The molecule has 0 radical (unpaired) electrons. The minimum absolute atomic E-state index is 0.570. The highest BCUT2D eigenvalue weighted by atomic mass is 19.4. The van der Waals surface area contributed by atoms with Gasteiger partial charge in [0, 0.05) is 0 Å². The fraction of sp³-hybridized carbons (Fsp3) is 0.455. The van der Waals surface area contributed by atoms with Crippen LogP contribution in [0.15, 0.2) is 48.5 Å². The molecule has 0 fully saturated rings. The summed E-state index contributed by atoms with van der Waals surface area (Å²) in [5.74, 6) is 0.641. The Morgan fingerprint density at radius 3 is 2.00 bits per heavy atom. The quantitative estimate of drug-likeness (QED) is 0.482. The molecule has 0 aliphatic rings. The van der Waals surface area contributed by atoms with E-state index in [1.807, 2.05) is 0 Å². The average molecular weight is 348 g/mol. The fourth-order valence-corrected chi connectivity index (χ4v) is 3.27. The number of rotatable bonds is 8. The smallest absolute Gasteiger partial charge is 0.166 e. The SMILES string of the molecule is CCC[C@@H](CCCc1ccc(C(F)(F)F)cc1)Cc1ccc(C)cc1. The van der Waals surface area contributed by atoms with Crippen molar-refractivity contribution in [3.63, 3.8) is 0 Å². The van der Waals surface area contributed by atoms with Gasteiger partial charge < -0.3 is 0 Å². The standard InChI is InChI=1S/C22H27F3/c1-3-5-19(16-20-10-8-17(2)9-11-20)7-4-6-18-12-14-21(15-13-18)22(23,24)25/h8-15,19H,3-7,16H2,1-2H3/t19-/m0/s1. The van der Waals surface area contributed by atoms with Crippen LogP contribution in [0.3, 0.4) is 0 Å². The van der Waals surface area contributed by atoms with Gasteiger partial charge in [-0.2, -0.15) is 13.2 Å². The van der Waals surface area contributed by atoms with Gasteiger partial charge in [0.15, 0.2) is 0 Å². The van der Waals surface area contributed by atoms with Crippen molar-refractivity contribution in [2.24, 2.45) is 5.92 Å². The van der Waals surface area contributed by atoms with E-state index >= 15 is 0 Å². The van der Waals surface area contributed by atoms with Crippen LogP contribution in [-0.2, 0) is 19.0 Å². The molecule has 0 spiro atoms. The predicted molar refractivity (Wildman–Crippen MR) is 97.7 cm³/mol. The van der Waals surface area contributed by atoms with Crippen LogP contribution in [0.1, 0.15) is 54.9 Å². The number of halogens is 3. The number of benzene rings is 2. The zero-order chi connectivity index (χ0) is 18.3. The van der Waals surface area contributed by atoms with Crippen LogP contribution in [0.25, 0.3) is 0 Å². The van der Waals surface area contributed by atoms with Crippen LogP contribution >= 0.6 is 0 Å². The van der Waals surface area contributed by atoms with Gasteiger partial charge in [-0.25, -0.2) is 0 Å². The maximum absolute atomic E-state index is 12.6. The first kappa shape index (κ1) is 19.6. The lowest BCUT2D eigenvalue weighted by Crippen LogP contribution is -2.06. The first-order chi connectivity index (χ1) is 11.9. The predicted octanol–water partition coefficient (Wildman–Crippen LogP) is 7.00. The molecule has 25 heavy (non-hydrogen) atoms. The zero-order valence-corrected chi connectivity index (χ0v) is 15.1. The number of hydrogen-bond acceptors (Lipinski definition) is 0. The third-order valence-corrected chi connectivity index (χ3v) is 4.70. The van der Waals surface area contributed by atoms with Crippen LogP contribution in [0.5, 0.6) is 0 Å². The second-order valence-corrected chi connectivity index (χ2v) is 6.93. The van der Waals surface area contributed by atoms with Crippen molar-refractivity contribution in [3.05, 3.63) is 70.8 Å². The van der Waals surface area contributed by atoms with Gasteiger partial charge in [0.05, 0.1) is 5.56 Å². The molecule has 136 valence electrons. The summed E-state index contributed by atoms with van der Waals surface area (Å²) in [6, 6.07) is 14.3. The Morgan fingerprint density at radius 2 is 1.44 bits per heavy atom. The van der Waals surface area contributed by atoms with Gasteiger partial charge in [0.25, 0.3) is 0 Å². The monoisotopic (exact) mass is 348 g/mol. The van der Waals surface area contributed by atoms with Gasteiger partial charge in [-0.1, -0.05) is 61.7 Å². The second-order valence-electron chi connectivity index (χ2n) is 6.93. The molecule has 0 nitrogen and oxygen atoms in total. The summed E-state index contributed by atoms with van der Waals surface area (Å²) >= 11 is 0. The fourth-order valence-electron chi connectivity index (χ4n) is 3.27. The Hall–Kier alpha value is -1.77. The van der Waals surface area contributed by atoms with Crippen LogP contribution in [0, 0.1) is 12.8 Å². The molecule has 2 aromatic rings. The molecule has 0 aliphatic carbocycles. The highest BCUT2D eigenvalue weighted by Crippen LogP contribution is 2.29. The van der Waals surface area contributed by atoms with E-state index in [9.17, 15) is 13.2 Å². The van der Waals surface area contributed by atoms with Gasteiger partial charge in [-0.3, -0.25) is 0 Å². The minimum Gasteiger partial charge on any atom is -0.166 e. The van der Waals surface area contributed by atoms with Crippen molar-refractivity contribution in [1.82, 2.24) is 0 Å². The molecular weight excluding hydrogens is 321 g/mol. The number of aryl methyl sites for hydroxylation is 2. The molecule has 0 unspecified atom stereocenters. The van der Waals surface area contributed by atoms with E-state index in [1.165, 1.54) is 29.7 Å². The van der Waals surface area contributed by atoms with Gasteiger partial charge >= 0.3 is 6.18 Å². The van der Waals surface area contributed by atoms with Crippen LogP contribution in [0.2, 0.25) is 0 Å². The van der Waals surface area contributed by atoms with Crippen molar-refractivity contribution in [3.8, 4) is 0 Å². The Balaban J connectivity index is 1.85. The maximum Gasteiger partial charge on any atom is 0.416 e. The van der Waals surface area contributed by atoms with Crippen LogP contribution in [-0.4, -0.2) is 0 Å². The highest BCUT2D eigenvalue weighted by Gasteiger charge is 2.29. The first-order valence-electron chi connectivity index (χ1n) is 9.10. The molecule has 1 atom stereocenters. The molecule has 3 heteroatoms. The Bertz CT molecular complexity index is 624. The Morgan fingerprint density at radius 1 is 0.840 bits per heavy atom. The van der Waals surface area contributed by atoms with Gasteiger partial charge in [0.2, 0.25) is 0 Å². The van der Waals surface area contributed by atoms with Crippen LogP contribution < -0.4 is 0 Å². The van der Waals surface area contributed by atoms with E-state index in [0.717, 1.165) is 37.7 Å². The maximum atomic E-state index is 12.6. The Labute approximate surface area is 149 Å². The lowest BCUT2D eigenvalue weighted by atomic mass is 9.89. The van der Waals surface area contributed by atoms with E-state index < -0.39 is 11.7 Å². The molecular formula is C22H27F3. The lowest BCUT2D eigenvalue weighted by Gasteiger charge is -2.16. The van der Waals surface area contributed by atoms with E-state index in [-0.39, 0.29) is 0 Å². The summed E-state index contributed by atoms with van der Waals surface area (Å²) in [6.07, 6.45) is 2.16. The van der Waals surface area contributed by atoms with Crippen molar-refractivity contribution in [2.45, 2.75) is 58.5 Å². The van der Waals surface area contributed by atoms with E-state index in [1.54, 1.807) is 12.1 Å². The largest absolute Gasteiger partial charge is 0.416 e. The minimum atomic E-state index is -4.25. The van der Waals surface area contributed by atoms with Crippen molar-refractivity contribution in [1.29, 1.82) is 0 Å². The van der Waals surface area contributed by atoms with Crippen molar-refractivity contribution >= 4 is 0 Å². The first-order valence-corrected chi connectivity index (χ1v) is 9.10. The molecule has 0 aromatic heterocycles. The molecule has 2 rings (SSSR count). The van der Waals surface area contributed by atoms with Crippen molar-refractivity contribution < 1.29 is 13.2 Å². The highest BCUT2D eigenvalue weighted by molar-refractivity contribution is 5.25. The summed E-state index contributed by atoms with van der Waals surface area (Å²) in [7, 11) is 0. The number of alkyl halides is 3. The molecule has 0 aliphatic heterocycles. The summed E-state index contributed by atoms with van der Waals surface area (Å²) < 4.78 is 37.8. The molecule has 0 saturated heterocycles. The van der Waals surface area contributed by atoms with Crippen molar-refractivity contribution in [2.75, 3.05) is 0 Å². The van der Waals surface area contributed by atoms with Gasteiger partial charge in [0.1, 0.15) is 0 Å². The van der Waals surface area contributed by atoms with Gasteiger partial charge in [-0.15, -0.1) is 0 Å². The Kier molecular flexibility index (Phi) is 7.10. The molecule has 0 heterocycles. The molecule has 0 N–H and O–H groups in total. The van der Waals surface area contributed by atoms with E-state index in [2.05, 4.69) is 38.1 Å². The van der Waals surface area contributed by atoms with Gasteiger partial charge in [-0.05, 0) is 61.8 Å². The normalized spacial score (nSPS) is 13.0. The molecule has 0 saturated carbocycles. The summed E-state index contributed by atoms with van der Waals surface area (Å²) in [5, 5.41) is 0. The molecule has 0 bridgehead atoms. The molecule has 2 aromatic carbocycles. The lowest BCUT2D eigenvalue weighted by molar-refractivity contribution is -0.137. The third kappa shape index (κ3) is 6.56. The summed E-state index contributed by atoms with van der Waals surface area (Å²) in [4.78, 5) is 0. The van der Waals surface area contributed by atoms with Crippen LogP contribution in [0.4, 0.5) is 13.2 Å². The third-order valence-electron chi connectivity index (χ3n) is 4.70. The number of hydrogen-bond donors (Lipinski definition) is 0. The second kappa shape index (κ2) is 9.07. The average Bonchev–Trinajstić information content (AvgIpc) is 2.57. The summed E-state index contributed by atoms with van der Waals surface area (Å²) in [5.41, 5.74) is 3.06. The zero-order valence-electron chi connectivity index (χ0n) is 15.1. The summed E-state index contributed by atoms with van der Waals surface area (Å²) in [6.45, 7) is 4.30. The van der Waals surface area contributed by atoms with E-state index in [0.29, 0.717) is 5.92 Å². The topological polar surface area (TPSA) is 0 Å².